The van der Waals surface area contributed by atoms with Crippen molar-refractivity contribution >= 4 is 34.9 Å². The van der Waals surface area contributed by atoms with Gasteiger partial charge in [0.1, 0.15) is 0 Å². The second-order valence-corrected chi connectivity index (χ2v) is 5.55. The van der Waals surface area contributed by atoms with E-state index >= 15 is 0 Å². The van der Waals surface area contributed by atoms with Gasteiger partial charge >= 0.3 is 0 Å². The zero-order chi connectivity index (χ0) is 13.8. The molecule has 0 bridgehead atoms. The lowest BCUT2D eigenvalue weighted by molar-refractivity contribution is 0.0926. The molecule has 3 N–H and O–H groups in total. The minimum absolute atomic E-state index is 0.153. The molecule has 1 atom stereocenters. The summed E-state index contributed by atoms with van der Waals surface area (Å²) in [5.74, 6) is -0.153. The summed E-state index contributed by atoms with van der Waals surface area (Å²) < 4.78 is 0. The molecule has 1 aromatic carbocycles. The Morgan fingerprint density at radius 2 is 2.00 bits per heavy atom. The lowest BCUT2D eigenvalue weighted by Crippen LogP contribution is -2.54. The number of thiocarbonyl (C=S) groups is 1. The molecule has 1 rings (SSSR count). The second-order valence-electron chi connectivity index (χ2n) is 4.23. The molecule has 0 aliphatic heterocycles. The smallest absolute Gasteiger partial charge is 0.252 e. The SMILES string of the molecule is CCC(C)(NC(=O)c1ccc(SC)cc1)C(N)=S. The Hall–Kier alpha value is -1.07. The molecule has 0 heterocycles. The first kappa shape index (κ1) is 15.0. The average Bonchev–Trinajstić information content (AvgIpc) is 2.38. The van der Waals surface area contributed by atoms with E-state index in [-0.39, 0.29) is 5.91 Å². The first-order valence-electron chi connectivity index (χ1n) is 5.69. The standard InChI is InChI=1S/C13H18N2OS2/c1-4-13(2,12(14)17)15-11(16)9-5-7-10(18-3)8-6-9/h5-8H,4H2,1-3H3,(H2,14,17)(H,15,16). The maximum atomic E-state index is 12.1. The Kier molecular flexibility index (Phi) is 5.16. The zero-order valence-corrected chi connectivity index (χ0v) is 12.5. The van der Waals surface area contributed by atoms with Crippen molar-refractivity contribution in [2.45, 2.75) is 30.7 Å². The van der Waals surface area contributed by atoms with Gasteiger partial charge in [0.25, 0.3) is 5.91 Å². The topological polar surface area (TPSA) is 55.1 Å². The number of carbonyl (C=O) groups is 1. The summed E-state index contributed by atoms with van der Waals surface area (Å²) in [6.07, 6.45) is 2.66. The van der Waals surface area contributed by atoms with Crippen molar-refractivity contribution in [2.24, 2.45) is 5.73 Å². The molecule has 98 valence electrons. The molecule has 0 spiro atoms. The van der Waals surface area contributed by atoms with Crippen LogP contribution >= 0.6 is 24.0 Å². The molecule has 0 aromatic heterocycles. The Bertz CT molecular complexity index is 445. The van der Waals surface area contributed by atoms with Gasteiger partial charge in [-0.3, -0.25) is 4.79 Å². The monoisotopic (exact) mass is 282 g/mol. The van der Waals surface area contributed by atoms with Gasteiger partial charge in [0.2, 0.25) is 0 Å². The van der Waals surface area contributed by atoms with E-state index in [1.807, 2.05) is 32.2 Å². The van der Waals surface area contributed by atoms with Crippen molar-refractivity contribution in [3.63, 3.8) is 0 Å². The van der Waals surface area contributed by atoms with Gasteiger partial charge in [-0.2, -0.15) is 0 Å². The number of hydrogen-bond acceptors (Lipinski definition) is 3. The van der Waals surface area contributed by atoms with Gasteiger partial charge < -0.3 is 11.1 Å². The molecule has 0 radical (unpaired) electrons. The quantitative estimate of drug-likeness (QED) is 0.644. The Labute approximate surface area is 118 Å². The molecule has 0 saturated heterocycles. The van der Waals surface area contributed by atoms with E-state index in [1.165, 1.54) is 0 Å². The maximum Gasteiger partial charge on any atom is 0.252 e. The van der Waals surface area contributed by atoms with Crippen LogP contribution in [0.25, 0.3) is 0 Å². The number of carbonyl (C=O) groups excluding carboxylic acids is 1. The second kappa shape index (κ2) is 6.20. The molecular weight excluding hydrogens is 264 g/mol. The van der Waals surface area contributed by atoms with Crippen molar-refractivity contribution in [1.82, 2.24) is 5.32 Å². The molecular formula is C13H18N2OS2. The summed E-state index contributed by atoms with van der Waals surface area (Å²) in [6.45, 7) is 3.78. The molecule has 5 heteroatoms. The van der Waals surface area contributed by atoms with Crippen molar-refractivity contribution in [3.8, 4) is 0 Å². The molecule has 0 aliphatic carbocycles. The lowest BCUT2D eigenvalue weighted by atomic mass is 9.98. The summed E-state index contributed by atoms with van der Waals surface area (Å²) in [5.41, 5.74) is 5.65. The van der Waals surface area contributed by atoms with Gasteiger partial charge in [-0.25, -0.2) is 0 Å². The Morgan fingerprint density at radius 3 is 2.39 bits per heavy atom. The van der Waals surface area contributed by atoms with E-state index in [1.54, 1.807) is 23.9 Å². The fraction of sp³-hybridized carbons (Fsp3) is 0.385. The molecule has 0 fully saturated rings. The fourth-order valence-corrected chi connectivity index (χ4v) is 1.99. The van der Waals surface area contributed by atoms with Crippen LogP contribution < -0.4 is 11.1 Å². The number of nitrogens with two attached hydrogens (primary N) is 1. The normalized spacial score (nSPS) is 13.7. The van der Waals surface area contributed by atoms with Crippen LogP contribution in [0.15, 0.2) is 29.2 Å². The van der Waals surface area contributed by atoms with E-state index in [0.29, 0.717) is 17.0 Å². The van der Waals surface area contributed by atoms with Gasteiger partial charge in [0.05, 0.1) is 10.5 Å². The van der Waals surface area contributed by atoms with Gasteiger partial charge in [0, 0.05) is 10.5 Å². The summed E-state index contributed by atoms with van der Waals surface area (Å²) in [7, 11) is 0. The Morgan fingerprint density at radius 1 is 1.44 bits per heavy atom. The van der Waals surface area contributed by atoms with E-state index in [4.69, 9.17) is 18.0 Å². The Balaban J connectivity index is 2.84. The predicted molar refractivity (Wildman–Crippen MR) is 81.2 cm³/mol. The number of amides is 1. The van der Waals surface area contributed by atoms with Crippen LogP contribution in [0.2, 0.25) is 0 Å². The number of benzene rings is 1. The van der Waals surface area contributed by atoms with Crippen LogP contribution in [0.4, 0.5) is 0 Å². The molecule has 1 unspecified atom stereocenters. The highest BCUT2D eigenvalue weighted by molar-refractivity contribution is 7.98. The van der Waals surface area contributed by atoms with Crippen LogP contribution in [0.5, 0.6) is 0 Å². The minimum atomic E-state index is -0.634. The van der Waals surface area contributed by atoms with Gasteiger partial charge in [-0.15, -0.1) is 11.8 Å². The first-order valence-corrected chi connectivity index (χ1v) is 7.32. The number of thioether (sulfide) groups is 1. The summed E-state index contributed by atoms with van der Waals surface area (Å²) in [5, 5.41) is 2.88. The van der Waals surface area contributed by atoms with Crippen LogP contribution in [0, 0.1) is 0 Å². The van der Waals surface area contributed by atoms with Gasteiger partial charge in [-0.05, 0) is 43.9 Å². The summed E-state index contributed by atoms with van der Waals surface area (Å²) in [6, 6.07) is 7.45. The number of rotatable bonds is 5. The predicted octanol–water partition coefficient (Wildman–Crippen LogP) is 2.59. The summed E-state index contributed by atoms with van der Waals surface area (Å²) in [4.78, 5) is 13.5. The fourth-order valence-electron chi connectivity index (χ4n) is 1.39. The molecule has 18 heavy (non-hydrogen) atoms. The van der Waals surface area contributed by atoms with Crippen molar-refractivity contribution in [2.75, 3.05) is 6.26 Å². The number of nitrogens with one attached hydrogen (secondary N) is 1. The highest BCUT2D eigenvalue weighted by Crippen LogP contribution is 2.16. The third-order valence-electron chi connectivity index (χ3n) is 2.99. The molecule has 0 aliphatic rings. The van der Waals surface area contributed by atoms with E-state index in [0.717, 1.165) is 4.90 Å². The van der Waals surface area contributed by atoms with Crippen molar-refractivity contribution < 1.29 is 4.79 Å². The van der Waals surface area contributed by atoms with Gasteiger partial charge in [-0.1, -0.05) is 19.1 Å². The number of hydrogen-bond donors (Lipinski definition) is 2. The molecule has 1 aromatic rings. The lowest BCUT2D eigenvalue weighted by Gasteiger charge is -2.28. The minimum Gasteiger partial charge on any atom is -0.391 e. The van der Waals surface area contributed by atoms with Crippen LogP contribution in [-0.4, -0.2) is 22.7 Å². The molecule has 1 amide bonds. The third kappa shape index (κ3) is 3.46. The van der Waals surface area contributed by atoms with Crippen LogP contribution in [-0.2, 0) is 0 Å². The maximum absolute atomic E-state index is 12.1. The zero-order valence-electron chi connectivity index (χ0n) is 10.8. The first-order chi connectivity index (χ1) is 8.42. The van der Waals surface area contributed by atoms with Crippen LogP contribution in [0.3, 0.4) is 0 Å². The average molecular weight is 282 g/mol. The largest absolute Gasteiger partial charge is 0.391 e. The van der Waals surface area contributed by atoms with Crippen molar-refractivity contribution in [3.05, 3.63) is 29.8 Å². The highest BCUT2D eigenvalue weighted by Gasteiger charge is 2.27. The van der Waals surface area contributed by atoms with E-state index < -0.39 is 5.54 Å². The molecule has 3 nitrogen and oxygen atoms in total. The van der Waals surface area contributed by atoms with E-state index in [9.17, 15) is 4.79 Å². The van der Waals surface area contributed by atoms with E-state index in [2.05, 4.69) is 5.32 Å². The van der Waals surface area contributed by atoms with Gasteiger partial charge in [0.15, 0.2) is 0 Å². The third-order valence-corrected chi connectivity index (χ3v) is 4.19. The highest BCUT2D eigenvalue weighted by atomic mass is 32.2. The van der Waals surface area contributed by atoms with Crippen molar-refractivity contribution in [1.29, 1.82) is 0 Å². The van der Waals surface area contributed by atoms with Crippen LogP contribution in [0.1, 0.15) is 30.6 Å². The summed E-state index contributed by atoms with van der Waals surface area (Å²) >= 11 is 6.64. The molecule has 0 saturated carbocycles.